The van der Waals surface area contributed by atoms with Gasteiger partial charge in [0.2, 0.25) is 0 Å². The molecule has 1 aliphatic carbocycles. The lowest BCUT2D eigenvalue weighted by molar-refractivity contribution is 0.688. The number of hydrogen-bond acceptors (Lipinski definition) is 3. The van der Waals surface area contributed by atoms with E-state index in [1.165, 1.54) is 23.4 Å². The third-order valence-corrected chi connectivity index (χ3v) is 3.34. The summed E-state index contributed by atoms with van der Waals surface area (Å²) in [6.07, 6.45) is 9.12. The molecular weight excluding hydrogens is 204 g/mol. The molecule has 0 atom stereocenters. The number of nitrogens with zero attached hydrogens (tertiary/aromatic N) is 1. The van der Waals surface area contributed by atoms with E-state index in [0.29, 0.717) is 0 Å². The van der Waals surface area contributed by atoms with Crippen LogP contribution < -0.4 is 5.32 Å². The van der Waals surface area contributed by atoms with Crippen molar-refractivity contribution in [2.45, 2.75) is 38.6 Å². The molecule has 0 saturated heterocycles. The Labute approximate surface area is 95.4 Å². The van der Waals surface area contributed by atoms with Gasteiger partial charge in [-0.05, 0) is 32.7 Å². The quantitative estimate of drug-likeness (QED) is 0.591. The molecule has 0 amide bonds. The molecule has 1 aromatic heterocycles. The summed E-state index contributed by atoms with van der Waals surface area (Å²) in [7, 11) is 0. The molecule has 0 radical (unpaired) electrons. The Kier molecular flexibility index (Phi) is 3.92. The Morgan fingerprint density at radius 1 is 1.67 bits per heavy atom. The first-order chi connectivity index (χ1) is 7.34. The Hall–Kier alpha value is -0.670. The van der Waals surface area contributed by atoms with Gasteiger partial charge in [0.1, 0.15) is 0 Å². The second kappa shape index (κ2) is 5.42. The van der Waals surface area contributed by atoms with Gasteiger partial charge in [-0.2, -0.15) is 0 Å². The van der Waals surface area contributed by atoms with Crippen molar-refractivity contribution in [1.82, 2.24) is 10.3 Å². The van der Waals surface area contributed by atoms with E-state index in [1.807, 2.05) is 11.6 Å². The first-order valence-corrected chi connectivity index (χ1v) is 6.50. The normalized spacial score (nSPS) is 17.0. The summed E-state index contributed by atoms with van der Waals surface area (Å²) in [6.45, 7) is 3.32. The smallest absolute Gasteiger partial charge is 0.0965 e. The van der Waals surface area contributed by atoms with Crippen LogP contribution in [-0.2, 0) is 6.42 Å². The van der Waals surface area contributed by atoms with Gasteiger partial charge in [-0.25, -0.2) is 4.98 Å². The largest absolute Gasteiger partial charge is 0.314 e. The maximum Gasteiger partial charge on any atom is 0.0965 e. The average Bonchev–Trinajstić information content (AvgIpc) is 2.91. The van der Waals surface area contributed by atoms with Gasteiger partial charge in [-0.3, -0.25) is 0 Å². The predicted molar refractivity (Wildman–Crippen MR) is 65.2 cm³/mol. The van der Waals surface area contributed by atoms with Gasteiger partial charge >= 0.3 is 0 Å². The number of allylic oxidation sites excluding steroid dienone is 1. The number of nitrogens with one attached hydrogen (secondary N) is 1. The predicted octanol–water partition coefficient (Wildman–Crippen LogP) is 2.77. The molecule has 2 rings (SSSR count). The van der Waals surface area contributed by atoms with Crippen LogP contribution >= 0.6 is 11.3 Å². The van der Waals surface area contributed by atoms with E-state index in [4.69, 9.17) is 0 Å². The molecule has 3 heteroatoms. The van der Waals surface area contributed by atoms with E-state index in [1.54, 1.807) is 11.3 Å². The van der Waals surface area contributed by atoms with Crippen molar-refractivity contribution >= 4 is 11.3 Å². The summed E-state index contributed by atoms with van der Waals surface area (Å²) in [5.74, 6) is 0. The molecular formula is C12H18N2S. The van der Waals surface area contributed by atoms with Crippen LogP contribution in [0.25, 0.3) is 0 Å². The lowest BCUT2D eigenvalue weighted by Gasteiger charge is -2.00. The van der Waals surface area contributed by atoms with E-state index < -0.39 is 0 Å². The van der Waals surface area contributed by atoms with E-state index in [9.17, 15) is 0 Å². The van der Waals surface area contributed by atoms with Crippen LogP contribution in [0, 0.1) is 0 Å². The minimum atomic E-state index is 0.831. The Morgan fingerprint density at radius 3 is 3.20 bits per heavy atom. The summed E-state index contributed by atoms with van der Waals surface area (Å²) in [5, 5.41) is 6.77. The average molecular weight is 222 g/mol. The Balaban J connectivity index is 1.65. The highest BCUT2D eigenvalue weighted by Crippen LogP contribution is 2.18. The molecule has 1 aliphatic rings. The molecule has 0 aliphatic heterocycles. The van der Waals surface area contributed by atoms with Crippen LogP contribution in [0.4, 0.5) is 0 Å². The number of hydrogen-bond donors (Lipinski definition) is 1. The van der Waals surface area contributed by atoms with Gasteiger partial charge in [0.05, 0.1) is 5.01 Å². The van der Waals surface area contributed by atoms with E-state index >= 15 is 0 Å². The van der Waals surface area contributed by atoms with Gasteiger partial charge in [0, 0.05) is 24.0 Å². The number of thiazole rings is 1. The van der Waals surface area contributed by atoms with E-state index in [0.717, 1.165) is 25.4 Å². The Bertz CT molecular complexity index is 312. The zero-order chi connectivity index (χ0) is 10.5. The first-order valence-electron chi connectivity index (χ1n) is 5.62. The molecule has 1 fully saturated rings. The zero-order valence-electron chi connectivity index (χ0n) is 9.20. The van der Waals surface area contributed by atoms with Gasteiger partial charge in [0.25, 0.3) is 0 Å². The summed E-state index contributed by atoms with van der Waals surface area (Å²) in [4.78, 5) is 4.28. The number of rotatable bonds is 6. The topological polar surface area (TPSA) is 24.9 Å². The maximum absolute atomic E-state index is 4.28. The highest BCUT2D eigenvalue weighted by atomic mass is 32.1. The van der Waals surface area contributed by atoms with Crippen molar-refractivity contribution < 1.29 is 0 Å². The Morgan fingerprint density at radius 2 is 2.53 bits per heavy atom. The van der Waals surface area contributed by atoms with Gasteiger partial charge in [-0.1, -0.05) is 11.6 Å². The van der Waals surface area contributed by atoms with E-state index in [-0.39, 0.29) is 0 Å². The lowest BCUT2D eigenvalue weighted by atomic mass is 10.2. The van der Waals surface area contributed by atoms with Crippen molar-refractivity contribution in [3.8, 4) is 0 Å². The maximum atomic E-state index is 4.28. The van der Waals surface area contributed by atoms with Crippen LogP contribution in [0.15, 0.2) is 23.2 Å². The second-order valence-corrected chi connectivity index (χ2v) is 5.15. The van der Waals surface area contributed by atoms with Gasteiger partial charge in [0.15, 0.2) is 0 Å². The fourth-order valence-corrected chi connectivity index (χ4v) is 2.26. The summed E-state index contributed by atoms with van der Waals surface area (Å²) in [5.41, 5.74) is 1.43. The van der Waals surface area contributed by atoms with Crippen molar-refractivity contribution in [3.05, 3.63) is 28.2 Å². The highest BCUT2D eigenvalue weighted by molar-refractivity contribution is 7.09. The highest BCUT2D eigenvalue weighted by Gasteiger charge is 2.19. The van der Waals surface area contributed by atoms with Crippen molar-refractivity contribution in [2.24, 2.45) is 0 Å². The molecule has 0 unspecified atom stereocenters. The van der Waals surface area contributed by atoms with Crippen LogP contribution in [0.1, 0.15) is 31.2 Å². The molecule has 0 bridgehead atoms. The standard InChI is InChI=1S/C12H18N2S/c1-10(9-12-14-7-8-15-12)3-2-6-13-11-4-5-11/h3,7-8,11,13H,2,4-6,9H2,1H3. The molecule has 1 heterocycles. The van der Waals surface area contributed by atoms with Crippen LogP contribution in [0.2, 0.25) is 0 Å². The molecule has 0 spiro atoms. The van der Waals surface area contributed by atoms with E-state index in [2.05, 4.69) is 23.3 Å². The van der Waals surface area contributed by atoms with Crippen LogP contribution in [0.3, 0.4) is 0 Å². The third kappa shape index (κ3) is 4.14. The van der Waals surface area contributed by atoms with Gasteiger partial charge < -0.3 is 5.32 Å². The zero-order valence-corrected chi connectivity index (χ0v) is 10.0. The van der Waals surface area contributed by atoms with Crippen molar-refractivity contribution in [3.63, 3.8) is 0 Å². The molecule has 1 N–H and O–H groups in total. The molecule has 2 nitrogen and oxygen atoms in total. The molecule has 1 aromatic rings. The second-order valence-electron chi connectivity index (χ2n) is 4.17. The summed E-state index contributed by atoms with van der Waals surface area (Å²) in [6, 6.07) is 0.831. The first kappa shape index (κ1) is 10.8. The SMILES string of the molecule is CC(=CCCNC1CC1)Cc1nccs1. The van der Waals surface area contributed by atoms with Gasteiger partial charge in [-0.15, -0.1) is 11.3 Å². The minimum Gasteiger partial charge on any atom is -0.314 e. The number of aromatic nitrogens is 1. The fourth-order valence-electron chi connectivity index (χ4n) is 1.54. The summed E-state index contributed by atoms with van der Waals surface area (Å²) < 4.78 is 0. The van der Waals surface area contributed by atoms with Crippen LogP contribution in [-0.4, -0.2) is 17.6 Å². The monoisotopic (exact) mass is 222 g/mol. The molecule has 0 aromatic carbocycles. The molecule has 15 heavy (non-hydrogen) atoms. The molecule has 82 valence electrons. The minimum absolute atomic E-state index is 0.831. The van der Waals surface area contributed by atoms with Crippen molar-refractivity contribution in [1.29, 1.82) is 0 Å². The van der Waals surface area contributed by atoms with Crippen LogP contribution in [0.5, 0.6) is 0 Å². The van der Waals surface area contributed by atoms with Crippen molar-refractivity contribution in [2.75, 3.05) is 6.54 Å². The lowest BCUT2D eigenvalue weighted by Crippen LogP contribution is -2.16. The summed E-state index contributed by atoms with van der Waals surface area (Å²) >= 11 is 1.74. The third-order valence-electron chi connectivity index (χ3n) is 2.56. The molecule has 1 saturated carbocycles. The fraction of sp³-hybridized carbons (Fsp3) is 0.583.